The van der Waals surface area contributed by atoms with E-state index in [4.69, 9.17) is 0 Å². The van der Waals surface area contributed by atoms with Gasteiger partial charge in [-0.15, -0.1) is 0 Å². The quantitative estimate of drug-likeness (QED) is 0.881. The number of hydrogen-bond acceptors (Lipinski definition) is 3. The highest BCUT2D eigenvalue weighted by molar-refractivity contribution is 5.92. The van der Waals surface area contributed by atoms with E-state index < -0.39 is 5.97 Å². The van der Waals surface area contributed by atoms with Gasteiger partial charge in [-0.3, -0.25) is 4.79 Å². The van der Waals surface area contributed by atoms with Crippen LogP contribution in [0.4, 0.5) is 5.69 Å². The lowest BCUT2D eigenvalue weighted by molar-refractivity contribution is -0.255. The summed E-state index contributed by atoms with van der Waals surface area (Å²) >= 11 is 0. The Labute approximate surface area is 123 Å². The molecule has 0 radical (unpaired) electrons. The van der Waals surface area contributed by atoms with E-state index in [0.29, 0.717) is 12.1 Å². The van der Waals surface area contributed by atoms with Crippen LogP contribution in [0.25, 0.3) is 0 Å². The normalized spacial score (nSPS) is 10.1. The Morgan fingerprint density at radius 3 is 2.24 bits per heavy atom. The van der Waals surface area contributed by atoms with E-state index in [2.05, 4.69) is 5.32 Å². The molecular weight excluding hydrogens is 266 g/mol. The molecule has 2 aromatic carbocycles. The summed E-state index contributed by atoms with van der Waals surface area (Å²) in [6.45, 7) is 0. The number of carboxylic acids is 1. The molecule has 0 heterocycles. The monoisotopic (exact) mass is 282 g/mol. The van der Waals surface area contributed by atoms with Gasteiger partial charge in [0.2, 0.25) is 5.91 Å². The van der Waals surface area contributed by atoms with Gasteiger partial charge in [0, 0.05) is 12.1 Å². The lowest BCUT2D eigenvalue weighted by Crippen LogP contribution is -2.22. The van der Waals surface area contributed by atoms with Gasteiger partial charge in [-0.25, -0.2) is 0 Å². The van der Waals surface area contributed by atoms with Gasteiger partial charge in [0.05, 0.1) is 5.97 Å². The number of aromatic carboxylic acids is 1. The third-order valence-corrected chi connectivity index (χ3v) is 3.12. The number of carbonyl (C=O) groups is 2. The van der Waals surface area contributed by atoms with Crippen molar-refractivity contribution in [3.8, 4) is 0 Å². The number of nitrogens with one attached hydrogen (secondary N) is 1. The summed E-state index contributed by atoms with van der Waals surface area (Å²) in [4.78, 5) is 22.4. The van der Waals surface area contributed by atoms with E-state index in [-0.39, 0.29) is 11.5 Å². The molecule has 0 aliphatic heterocycles. The Hall–Kier alpha value is -2.62. The van der Waals surface area contributed by atoms with Gasteiger partial charge >= 0.3 is 0 Å². The molecule has 0 saturated heterocycles. The van der Waals surface area contributed by atoms with Crippen LogP contribution in [-0.4, -0.2) is 11.9 Å². The first kappa shape index (κ1) is 14.8. The zero-order chi connectivity index (χ0) is 15.1. The van der Waals surface area contributed by atoms with Gasteiger partial charge in [-0.05, 0) is 36.1 Å². The lowest BCUT2D eigenvalue weighted by Gasteiger charge is -2.07. The summed E-state index contributed by atoms with van der Waals surface area (Å²) in [7, 11) is 0. The summed E-state index contributed by atoms with van der Waals surface area (Å²) < 4.78 is 0. The van der Waals surface area contributed by atoms with Crippen molar-refractivity contribution in [2.45, 2.75) is 19.3 Å². The van der Waals surface area contributed by atoms with E-state index in [1.165, 1.54) is 17.7 Å². The second-order valence-corrected chi connectivity index (χ2v) is 4.75. The van der Waals surface area contributed by atoms with Crippen LogP contribution in [0.15, 0.2) is 54.6 Å². The van der Waals surface area contributed by atoms with Crippen LogP contribution >= 0.6 is 0 Å². The Kier molecular flexibility index (Phi) is 5.10. The van der Waals surface area contributed by atoms with E-state index >= 15 is 0 Å². The van der Waals surface area contributed by atoms with Gasteiger partial charge in [0.15, 0.2) is 0 Å². The molecule has 4 heteroatoms. The van der Waals surface area contributed by atoms with E-state index in [9.17, 15) is 14.7 Å². The summed E-state index contributed by atoms with van der Waals surface area (Å²) in [6.07, 6.45) is 2.06. The molecule has 21 heavy (non-hydrogen) atoms. The van der Waals surface area contributed by atoms with Crippen LogP contribution in [0.5, 0.6) is 0 Å². The third-order valence-electron chi connectivity index (χ3n) is 3.12. The van der Waals surface area contributed by atoms with Crippen LogP contribution in [0.3, 0.4) is 0 Å². The third kappa shape index (κ3) is 4.76. The molecule has 108 valence electrons. The second-order valence-electron chi connectivity index (χ2n) is 4.75. The van der Waals surface area contributed by atoms with Crippen LogP contribution in [0.1, 0.15) is 28.8 Å². The molecule has 2 rings (SSSR count). The molecule has 4 nitrogen and oxygen atoms in total. The number of carboxylic acid groups (broad SMARTS) is 1. The van der Waals surface area contributed by atoms with Gasteiger partial charge in [-0.2, -0.15) is 0 Å². The molecule has 0 aliphatic rings. The SMILES string of the molecule is O=C(CCCc1ccccc1)Nc1ccc(C(=O)[O-])cc1. The number of anilines is 1. The average Bonchev–Trinajstić information content (AvgIpc) is 2.49. The smallest absolute Gasteiger partial charge is 0.224 e. The Bertz CT molecular complexity index is 606. The van der Waals surface area contributed by atoms with Gasteiger partial charge in [0.1, 0.15) is 0 Å². The molecule has 0 saturated carbocycles. The van der Waals surface area contributed by atoms with E-state index in [0.717, 1.165) is 12.8 Å². The first-order valence-electron chi connectivity index (χ1n) is 6.80. The zero-order valence-electron chi connectivity index (χ0n) is 11.5. The minimum atomic E-state index is -1.23. The van der Waals surface area contributed by atoms with Crippen LogP contribution in [0, 0.1) is 0 Å². The van der Waals surface area contributed by atoms with Crippen molar-refractivity contribution in [2.24, 2.45) is 0 Å². The molecule has 0 spiro atoms. The van der Waals surface area contributed by atoms with Gasteiger partial charge in [0.25, 0.3) is 0 Å². The molecule has 0 aromatic heterocycles. The molecule has 0 unspecified atom stereocenters. The maximum absolute atomic E-state index is 11.8. The predicted molar refractivity (Wildman–Crippen MR) is 78.8 cm³/mol. The number of rotatable bonds is 6. The van der Waals surface area contributed by atoms with E-state index in [1.807, 2.05) is 30.3 Å². The Balaban J connectivity index is 1.78. The molecule has 0 fully saturated rings. The Morgan fingerprint density at radius 2 is 1.62 bits per heavy atom. The molecule has 0 aliphatic carbocycles. The number of hydrogen-bond donors (Lipinski definition) is 1. The van der Waals surface area contributed by atoms with Crippen LogP contribution < -0.4 is 10.4 Å². The maximum Gasteiger partial charge on any atom is 0.224 e. The molecule has 0 atom stereocenters. The average molecular weight is 282 g/mol. The largest absolute Gasteiger partial charge is 0.545 e. The highest BCUT2D eigenvalue weighted by atomic mass is 16.4. The number of carbonyl (C=O) groups excluding carboxylic acids is 2. The number of benzene rings is 2. The predicted octanol–water partition coefficient (Wildman–Crippen LogP) is 2.01. The molecule has 1 amide bonds. The molecule has 0 bridgehead atoms. The fourth-order valence-corrected chi connectivity index (χ4v) is 2.01. The standard InChI is InChI=1S/C17H17NO3/c19-16(8-4-7-13-5-2-1-3-6-13)18-15-11-9-14(10-12-15)17(20)21/h1-3,5-6,9-12H,4,7-8H2,(H,18,19)(H,20,21)/p-1. The molecule has 1 N–H and O–H groups in total. The summed E-state index contributed by atoms with van der Waals surface area (Å²) in [6, 6.07) is 15.9. The fraction of sp³-hybridized carbons (Fsp3) is 0.176. The first-order valence-corrected chi connectivity index (χ1v) is 6.80. The lowest BCUT2D eigenvalue weighted by atomic mass is 10.1. The second kappa shape index (κ2) is 7.24. The summed E-state index contributed by atoms with van der Waals surface area (Å²) in [5.41, 5.74) is 1.89. The van der Waals surface area contributed by atoms with Crippen molar-refractivity contribution in [3.63, 3.8) is 0 Å². The minimum Gasteiger partial charge on any atom is -0.545 e. The van der Waals surface area contributed by atoms with Crippen LogP contribution in [0.2, 0.25) is 0 Å². The first-order chi connectivity index (χ1) is 10.1. The fourth-order valence-electron chi connectivity index (χ4n) is 2.01. The minimum absolute atomic E-state index is 0.0767. The number of aryl methyl sites for hydroxylation is 1. The van der Waals surface area contributed by atoms with Gasteiger partial charge in [-0.1, -0.05) is 42.5 Å². The molecular formula is C17H16NO3-. The van der Waals surface area contributed by atoms with Crippen LogP contribution in [-0.2, 0) is 11.2 Å². The van der Waals surface area contributed by atoms with E-state index in [1.54, 1.807) is 12.1 Å². The highest BCUT2D eigenvalue weighted by Crippen LogP contribution is 2.10. The Morgan fingerprint density at radius 1 is 0.952 bits per heavy atom. The van der Waals surface area contributed by atoms with Crippen molar-refractivity contribution >= 4 is 17.6 Å². The van der Waals surface area contributed by atoms with Crippen molar-refractivity contribution in [1.29, 1.82) is 0 Å². The summed E-state index contributed by atoms with van der Waals surface area (Å²) in [5.74, 6) is -1.30. The maximum atomic E-state index is 11.8. The topological polar surface area (TPSA) is 69.2 Å². The molecule has 2 aromatic rings. The highest BCUT2D eigenvalue weighted by Gasteiger charge is 2.03. The zero-order valence-corrected chi connectivity index (χ0v) is 11.5. The van der Waals surface area contributed by atoms with Crippen molar-refractivity contribution in [1.82, 2.24) is 0 Å². The number of amides is 1. The van der Waals surface area contributed by atoms with Crippen molar-refractivity contribution < 1.29 is 14.7 Å². The van der Waals surface area contributed by atoms with Gasteiger partial charge < -0.3 is 15.2 Å². The van der Waals surface area contributed by atoms with Crippen molar-refractivity contribution in [2.75, 3.05) is 5.32 Å². The summed E-state index contributed by atoms with van der Waals surface area (Å²) in [5, 5.41) is 13.4. The van der Waals surface area contributed by atoms with Crippen molar-refractivity contribution in [3.05, 3.63) is 65.7 Å².